The maximum atomic E-state index is 11.7. The average molecular weight is 256 g/mol. The molecular formula is C11H16N2O3S. The lowest BCUT2D eigenvalue weighted by atomic mass is 10.2. The number of hydrogen-bond acceptors (Lipinski definition) is 4. The summed E-state index contributed by atoms with van der Waals surface area (Å²) >= 11 is 1.31. The van der Waals surface area contributed by atoms with Crippen molar-refractivity contribution in [3.63, 3.8) is 0 Å². The highest BCUT2D eigenvalue weighted by molar-refractivity contribution is 7.13. The Balaban J connectivity index is 2.65. The fraction of sp³-hybridized carbons (Fsp3) is 0.545. The lowest BCUT2D eigenvalue weighted by molar-refractivity contribution is -0.139. The largest absolute Gasteiger partial charge is 0.480 e. The van der Waals surface area contributed by atoms with Crippen LogP contribution in [0.5, 0.6) is 0 Å². The van der Waals surface area contributed by atoms with Gasteiger partial charge >= 0.3 is 5.97 Å². The van der Waals surface area contributed by atoms with Crippen LogP contribution < -0.4 is 5.32 Å². The maximum absolute atomic E-state index is 11.7. The second kappa shape index (κ2) is 6.34. The molecule has 0 spiro atoms. The molecule has 0 aliphatic rings. The molecule has 0 radical (unpaired) electrons. The van der Waals surface area contributed by atoms with Gasteiger partial charge in [-0.1, -0.05) is 13.8 Å². The van der Waals surface area contributed by atoms with E-state index in [1.165, 1.54) is 17.5 Å². The molecule has 1 rings (SSSR count). The van der Waals surface area contributed by atoms with E-state index in [-0.39, 0.29) is 5.91 Å². The Morgan fingerprint density at radius 1 is 1.53 bits per heavy atom. The SMILES string of the molecule is CCCc1ncc(C(=O)NC(CC)C(=O)O)s1. The molecule has 1 aromatic rings. The molecule has 6 heteroatoms. The van der Waals surface area contributed by atoms with E-state index in [0.29, 0.717) is 11.3 Å². The predicted octanol–water partition coefficient (Wildman–Crippen LogP) is 1.69. The van der Waals surface area contributed by atoms with Gasteiger partial charge in [0.1, 0.15) is 10.9 Å². The minimum absolute atomic E-state index is 0.362. The van der Waals surface area contributed by atoms with Crippen molar-refractivity contribution in [3.05, 3.63) is 16.1 Å². The van der Waals surface area contributed by atoms with Crippen molar-refractivity contribution >= 4 is 23.2 Å². The Morgan fingerprint density at radius 2 is 2.24 bits per heavy atom. The van der Waals surface area contributed by atoms with Crippen LogP contribution in [0.4, 0.5) is 0 Å². The first kappa shape index (κ1) is 13.6. The Labute approximate surface area is 104 Å². The van der Waals surface area contributed by atoms with Crippen LogP contribution in [0.15, 0.2) is 6.20 Å². The highest BCUT2D eigenvalue weighted by atomic mass is 32.1. The molecule has 2 N–H and O–H groups in total. The van der Waals surface area contributed by atoms with Crippen molar-refractivity contribution in [1.29, 1.82) is 0 Å². The van der Waals surface area contributed by atoms with E-state index in [2.05, 4.69) is 10.3 Å². The van der Waals surface area contributed by atoms with Gasteiger partial charge in [0.15, 0.2) is 0 Å². The molecule has 5 nitrogen and oxygen atoms in total. The van der Waals surface area contributed by atoms with Gasteiger partial charge in [-0.2, -0.15) is 0 Å². The van der Waals surface area contributed by atoms with Crippen LogP contribution in [0.25, 0.3) is 0 Å². The van der Waals surface area contributed by atoms with Crippen molar-refractivity contribution < 1.29 is 14.7 Å². The quantitative estimate of drug-likeness (QED) is 0.811. The van der Waals surface area contributed by atoms with Crippen LogP contribution in [0.2, 0.25) is 0 Å². The Bertz CT molecular complexity index is 403. The Kier molecular flexibility index (Phi) is 5.09. The highest BCUT2D eigenvalue weighted by Gasteiger charge is 2.19. The summed E-state index contributed by atoms with van der Waals surface area (Å²) in [6.45, 7) is 3.76. The summed E-state index contributed by atoms with van der Waals surface area (Å²) in [6, 6.07) is -0.834. The molecule has 1 amide bonds. The molecule has 0 aromatic carbocycles. The van der Waals surface area contributed by atoms with Gasteiger partial charge in [0.25, 0.3) is 5.91 Å². The molecule has 0 fully saturated rings. The molecule has 94 valence electrons. The zero-order valence-corrected chi connectivity index (χ0v) is 10.7. The number of aliphatic carboxylic acids is 1. The van der Waals surface area contributed by atoms with Gasteiger partial charge < -0.3 is 10.4 Å². The van der Waals surface area contributed by atoms with E-state index in [0.717, 1.165) is 17.8 Å². The number of carboxylic acids is 1. The Morgan fingerprint density at radius 3 is 2.76 bits per heavy atom. The van der Waals surface area contributed by atoms with Gasteiger partial charge in [-0.15, -0.1) is 11.3 Å². The van der Waals surface area contributed by atoms with Crippen molar-refractivity contribution in [2.45, 2.75) is 39.2 Å². The second-order valence-electron chi connectivity index (χ2n) is 3.64. The lowest BCUT2D eigenvalue weighted by Gasteiger charge is -2.10. The monoisotopic (exact) mass is 256 g/mol. The maximum Gasteiger partial charge on any atom is 0.326 e. The number of nitrogens with zero attached hydrogens (tertiary/aromatic N) is 1. The normalized spacial score (nSPS) is 12.1. The molecule has 0 aliphatic carbocycles. The number of hydrogen-bond donors (Lipinski definition) is 2. The number of aromatic nitrogens is 1. The van der Waals surface area contributed by atoms with Gasteiger partial charge in [-0.05, 0) is 19.3 Å². The smallest absolute Gasteiger partial charge is 0.326 e. The van der Waals surface area contributed by atoms with Gasteiger partial charge in [0.05, 0.1) is 11.2 Å². The molecule has 0 aliphatic heterocycles. The van der Waals surface area contributed by atoms with E-state index in [1.54, 1.807) is 6.92 Å². The molecule has 1 heterocycles. The molecule has 0 saturated heterocycles. The predicted molar refractivity (Wildman–Crippen MR) is 65.3 cm³/mol. The van der Waals surface area contributed by atoms with Crippen LogP contribution >= 0.6 is 11.3 Å². The van der Waals surface area contributed by atoms with E-state index < -0.39 is 12.0 Å². The van der Waals surface area contributed by atoms with Crippen LogP contribution in [0.3, 0.4) is 0 Å². The van der Waals surface area contributed by atoms with Crippen molar-refractivity contribution in [2.24, 2.45) is 0 Å². The zero-order valence-electron chi connectivity index (χ0n) is 9.90. The van der Waals surface area contributed by atoms with Crippen molar-refractivity contribution in [1.82, 2.24) is 10.3 Å². The van der Waals surface area contributed by atoms with E-state index in [4.69, 9.17) is 5.11 Å². The first-order valence-electron chi connectivity index (χ1n) is 5.56. The number of carbonyl (C=O) groups is 2. The number of carboxylic acid groups (broad SMARTS) is 1. The van der Waals surface area contributed by atoms with Gasteiger partial charge in [-0.25, -0.2) is 9.78 Å². The minimum Gasteiger partial charge on any atom is -0.480 e. The summed E-state index contributed by atoms with van der Waals surface area (Å²) in [5, 5.41) is 12.2. The number of nitrogens with one attached hydrogen (secondary N) is 1. The third-order valence-electron chi connectivity index (χ3n) is 2.25. The van der Waals surface area contributed by atoms with Crippen molar-refractivity contribution in [3.8, 4) is 0 Å². The molecule has 1 unspecified atom stereocenters. The molecule has 1 atom stereocenters. The summed E-state index contributed by atoms with van der Waals surface area (Å²) in [7, 11) is 0. The number of carbonyl (C=O) groups excluding carboxylic acids is 1. The van der Waals surface area contributed by atoms with Crippen LogP contribution in [0, 0.1) is 0 Å². The fourth-order valence-corrected chi connectivity index (χ4v) is 2.23. The Hall–Kier alpha value is -1.43. The molecule has 1 aromatic heterocycles. The van der Waals surface area contributed by atoms with Crippen molar-refractivity contribution in [2.75, 3.05) is 0 Å². The van der Waals surface area contributed by atoms with Crippen LogP contribution in [-0.2, 0) is 11.2 Å². The lowest BCUT2D eigenvalue weighted by Crippen LogP contribution is -2.39. The van der Waals surface area contributed by atoms with E-state index in [9.17, 15) is 9.59 Å². The minimum atomic E-state index is -1.01. The van der Waals surface area contributed by atoms with Gasteiger partial charge in [0.2, 0.25) is 0 Å². The second-order valence-corrected chi connectivity index (χ2v) is 4.76. The van der Waals surface area contributed by atoms with Gasteiger partial charge in [-0.3, -0.25) is 4.79 Å². The topological polar surface area (TPSA) is 79.3 Å². The molecule has 17 heavy (non-hydrogen) atoms. The summed E-state index contributed by atoms with van der Waals surface area (Å²) in [5.74, 6) is -1.38. The highest BCUT2D eigenvalue weighted by Crippen LogP contribution is 2.14. The van der Waals surface area contributed by atoms with Gasteiger partial charge in [0, 0.05) is 0 Å². The third-order valence-corrected chi connectivity index (χ3v) is 3.31. The average Bonchev–Trinajstić information content (AvgIpc) is 2.74. The number of amides is 1. The van der Waals surface area contributed by atoms with Crippen LogP contribution in [0.1, 0.15) is 41.4 Å². The summed E-state index contributed by atoms with van der Waals surface area (Å²) in [4.78, 5) is 27.1. The first-order chi connectivity index (χ1) is 8.08. The first-order valence-corrected chi connectivity index (χ1v) is 6.38. The number of rotatable bonds is 6. The van der Waals surface area contributed by atoms with E-state index >= 15 is 0 Å². The summed E-state index contributed by atoms with van der Waals surface area (Å²) in [5.41, 5.74) is 0. The molecular weight excluding hydrogens is 240 g/mol. The zero-order chi connectivity index (χ0) is 12.8. The summed E-state index contributed by atoms with van der Waals surface area (Å²) in [6.07, 6.45) is 3.68. The number of aryl methyl sites for hydroxylation is 1. The molecule has 0 bridgehead atoms. The number of thiazole rings is 1. The fourth-order valence-electron chi connectivity index (χ4n) is 1.31. The molecule has 0 saturated carbocycles. The van der Waals surface area contributed by atoms with E-state index in [1.807, 2.05) is 6.92 Å². The standard InChI is InChI=1S/C11H16N2O3S/c1-3-5-9-12-6-8(17-9)10(14)13-7(4-2)11(15)16/h6-7H,3-5H2,1-2H3,(H,13,14)(H,15,16). The van der Waals surface area contributed by atoms with Crippen LogP contribution in [-0.4, -0.2) is 28.0 Å². The summed E-state index contributed by atoms with van der Waals surface area (Å²) < 4.78 is 0. The third kappa shape index (κ3) is 3.81.